The lowest BCUT2D eigenvalue weighted by molar-refractivity contribution is 0.177. The minimum Gasteiger partial charge on any atom is -0.388 e. The van der Waals surface area contributed by atoms with Gasteiger partial charge < -0.3 is 5.11 Å². The highest BCUT2D eigenvalue weighted by atomic mass is 19.1. The standard InChI is InChI=1S/C15H11F2NO/c16-13-6-5-12(14(17)8-13)7-15(19)11-3-1-10(9-18)2-4-11/h1-6,8,15,19H,7H2. The molecule has 0 saturated carbocycles. The first-order valence-corrected chi connectivity index (χ1v) is 5.72. The lowest BCUT2D eigenvalue weighted by Crippen LogP contribution is -2.04. The van der Waals surface area contributed by atoms with Crippen LogP contribution in [-0.4, -0.2) is 5.11 Å². The molecule has 0 saturated heterocycles. The van der Waals surface area contributed by atoms with E-state index in [-0.39, 0.29) is 12.0 Å². The number of nitrogens with zero attached hydrogens (tertiary/aromatic N) is 1. The van der Waals surface area contributed by atoms with Crippen molar-refractivity contribution in [2.45, 2.75) is 12.5 Å². The predicted octanol–water partition coefficient (Wildman–Crippen LogP) is 3.11. The van der Waals surface area contributed by atoms with Crippen molar-refractivity contribution in [2.24, 2.45) is 0 Å². The Morgan fingerprint density at radius 2 is 1.79 bits per heavy atom. The Kier molecular flexibility index (Phi) is 3.88. The molecule has 0 amide bonds. The summed E-state index contributed by atoms with van der Waals surface area (Å²) >= 11 is 0. The second kappa shape index (κ2) is 5.59. The normalized spacial score (nSPS) is 11.9. The summed E-state index contributed by atoms with van der Waals surface area (Å²) in [6, 6.07) is 11.6. The molecule has 0 aliphatic carbocycles. The molecule has 0 aliphatic heterocycles. The first-order chi connectivity index (χ1) is 9.10. The monoisotopic (exact) mass is 259 g/mol. The Labute approximate surface area is 109 Å². The van der Waals surface area contributed by atoms with Crippen molar-refractivity contribution in [3.63, 3.8) is 0 Å². The number of nitriles is 1. The maximum absolute atomic E-state index is 13.5. The third-order valence-corrected chi connectivity index (χ3v) is 2.85. The van der Waals surface area contributed by atoms with Crippen LogP contribution in [0.5, 0.6) is 0 Å². The highest BCUT2D eigenvalue weighted by Crippen LogP contribution is 2.21. The van der Waals surface area contributed by atoms with Crippen LogP contribution in [0.3, 0.4) is 0 Å². The Morgan fingerprint density at radius 3 is 2.37 bits per heavy atom. The van der Waals surface area contributed by atoms with Gasteiger partial charge >= 0.3 is 0 Å². The molecule has 0 heterocycles. The van der Waals surface area contributed by atoms with Crippen LogP contribution >= 0.6 is 0 Å². The number of benzene rings is 2. The van der Waals surface area contributed by atoms with Crippen LogP contribution in [0.2, 0.25) is 0 Å². The summed E-state index contributed by atoms with van der Waals surface area (Å²) in [6.07, 6.45) is -0.842. The Bertz CT molecular complexity index is 617. The van der Waals surface area contributed by atoms with Crippen LogP contribution in [0.15, 0.2) is 42.5 Å². The topological polar surface area (TPSA) is 44.0 Å². The van der Waals surface area contributed by atoms with Crippen molar-refractivity contribution in [3.05, 3.63) is 70.8 Å². The molecular formula is C15H11F2NO. The van der Waals surface area contributed by atoms with Crippen LogP contribution in [0.4, 0.5) is 8.78 Å². The lowest BCUT2D eigenvalue weighted by atomic mass is 10.00. The molecule has 19 heavy (non-hydrogen) atoms. The molecule has 0 aliphatic rings. The first kappa shape index (κ1) is 13.2. The highest BCUT2D eigenvalue weighted by molar-refractivity contribution is 5.33. The largest absolute Gasteiger partial charge is 0.388 e. The Morgan fingerprint density at radius 1 is 1.11 bits per heavy atom. The smallest absolute Gasteiger partial charge is 0.129 e. The third-order valence-electron chi connectivity index (χ3n) is 2.85. The fraction of sp³-hybridized carbons (Fsp3) is 0.133. The predicted molar refractivity (Wildman–Crippen MR) is 66.2 cm³/mol. The summed E-state index contributed by atoms with van der Waals surface area (Å²) in [7, 11) is 0. The fourth-order valence-corrected chi connectivity index (χ4v) is 1.79. The molecule has 2 aromatic rings. The molecule has 96 valence electrons. The van der Waals surface area contributed by atoms with Crippen molar-refractivity contribution in [1.29, 1.82) is 5.26 Å². The number of halogens is 2. The van der Waals surface area contributed by atoms with Crippen LogP contribution in [0.1, 0.15) is 22.8 Å². The number of hydrogen-bond acceptors (Lipinski definition) is 2. The molecule has 2 rings (SSSR count). The van der Waals surface area contributed by atoms with Crippen molar-refractivity contribution in [2.75, 3.05) is 0 Å². The third kappa shape index (κ3) is 3.15. The average Bonchev–Trinajstić information content (AvgIpc) is 2.42. The fourth-order valence-electron chi connectivity index (χ4n) is 1.79. The molecule has 1 N–H and O–H groups in total. The van der Waals surface area contributed by atoms with Gasteiger partial charge in [0.1, 0.15) is 11.6 Å². The molecule has 0 bridgehead atoms. The van der Waals surface area contributed by atoms with Crippen LogP contribution in [0, 0.1) is 23.0 Å². The molecule has 0 fully saturated rings. The summed E-state index contributed by atoms with van der Waals surface area (Å²) < 4.78 is 26.2. The average molecular weight is 259 g/mol. The van der Waals surface area contributed by atoms with Gasteiger partial charge in [0.2, 0.25) is 0 Å². The molecule has 4 heteroatoms. The van der Waals surface area contributed by atoms with Gasteiger partial charge in [0.05, 0.1) is 17.7 Å². The van der Waals surface area contributed by atoms with E-state index in [0.29, 0.717) is 11.1 Å². The van der Waals surface area contributed by atoms with E-state index in [1.807, 2.05) is 6.07 Å². The second-order valence-electron chi connectivity index (χ2n) is 4.19. The quantitative estimate of drug-likeness (QED) is 0.920. The summed E-state index contributed by atoms with van der Waals surface area (Å²) in [6.45, 7) is 0. The summed E-state index contributed by atoms with van der Waals surface area (Å²) in [5, 5.41) is 18.7. The maximum atomic E-state index is 13.5. The summed E-state index contributed by atoms with van der Waals surface area (Å²) in [5.41, 5.74) is 1.32. The van der Waals surface area contributed by atoms with E-state index in [2.05, 4.69) is 0 Å². The maximum Gasteiger partial charge on any atom is 0.129 e. The van der Waals surface area contributed by atoms with Gasteiger partial charge in [-0.15, -0.1) is 0 Å². The van der Waals surface area contributed by atoms with Gasteiger partial charge in [-0.2, -0.15) is 5.26 Å². The Balaban J connectivity index is 2.16. The van der Waals surface area contributed by atoms with Crippen LogP contribution < -0.4 is 0 Å². The molecule has 1 unspecified atom stereocenters. The Hall–Kier alpha value is -2.25. The number of aliphatic hydroxyl groups is 1. The van der Waals surface area contributed by atoms with Crippen molar-refractivity contribution < 1.29 is 13.9 Å². The molecule has 1 atom stereocenters. The van der Waals surface area contributed by atoms with Gasteiger partial charge in [0, 0.05) is 12.5 Å². The van der Waals surface area contributed by atoms with E-state index in [4.69, 9.17) is 5.26 Å². The first-order valence-electron chi connectivity index (χ1n) is 5.72. The molecular weight excluding hydrogens is 248 g/mol. The number of hydrogen-bond donors (Lipinski definition) is 1. The minimum atomic E-state index is -0.896. The van der Waals surface area contributed by atoms with Crippen molar-refractivity contribution in [1.82, 2.24) is 0 Å². The van der Waals surface area contributed by atoms with E-state index in [1.165, 1.54) is 6.07 Å². The number of aliphatic hydroxyl groups excluding tert-OH is 1. The molecule has 0 radical (unpaired) electrons. The van der Waals surface area contributed by atoms with E-state index in [0.717, 1.165) is 12.1 Å². The van der Waals surface area contributed by atoms with E-state index in [9.17, 15) is 13.9 Å². The van der Waals surface area contributed by atoms with Gasteiger partial charge in [-0.3, -0.25) is 0 Å². The summed E-state index contributed by atoms with van der Waals surface area (Å²) in [4.78, 5) is 0. The van der Waals surface area contributed by atoms with E-state index < -0.39 is 17.7 Å². The van der Waals surface area contributed by atoms with Gasteiger partial charge in [-0.25, -0.2) is 8.78 Å². The van der Waals surface area contributed by atoms with Gasteiger partial charge in [-0.1, -0.05) is 18.2 Å². The second-order valence-corrected chi connectivity index (χ2v) is 4.19. The van der Waals surface area contributed by atoms with Gasteiger partial charge in [0.25, 0.3) is 0 Å². The number of rotatable bonds is 3. The van der Waals surface area contributed by atoms with Crippen molar-refractivity contribution >= 4 is 0 Å². The van der Waals surface area contributed by atoms with Crippen LogP contribution in [0.25, 0.3) is 0 Å². The van der Waals surface area contributed by atoms with Crippen LogP contribution in [-0.2, 0) is 6.42 Å². The molecule has 2 aromatic carbocycles. The van der Waals surface area contributed by atoms with E-state index in [1.54, 1.807) is 24.3 Å². The molecule has 0 spiro atoms. The van der Waals surface area contributed by atoms with Gasteiger partial charge in [0.15, 0.2) is 0 Å². The minimum absolute atomic E-state index is 0.0536. The SMILES string of the molecule is N#Cc1ccc(C(O)Cc2ccc(F)cc2F)cc1. The molecule has 0 aromatic heterocycles. The summed E-state index contributed by atoms with van der Waals surface area (Å²) in [5.74, 6) is -1.32. The zero-order chi connectivity index (χ0) is 13.8. The van der Waals surface area contributed by atoms with E-state index >= 15 is 0 Å². The highest BCUT2D eigenvalue weighted by Gasteiger charge is 2.12. The van der Waals surface area contributed by atoms with Crippen molar-refractivity contribution in [3.8, 4) is 6.07 Å². The molecule has 2 nitrogen and oxygen atoms in total. The zero-order valence-electron chi connectivity index (χ0n) is 9.98. The lowest BCUT2D eigenvalue weighted by Gasteiger charge is -2.11. The van der Waals surface area contributed by atoms with Gasteiger partial charge in [-0.05, 0) is 29.3 Å². The zero-order valence-corrected chi connectivity index (χ0v) is 9.98.